The molecule has 1 fully saturated rings. The van der Waals surface area contributed by atoms with Crippen molar-refractivity contribution in [3.8, 4) is 0 Å². The minimum atomic E-state index is -0.381. The lowest BCUT2D eigenvalue weighted by Gasteiger charge is -2.27. The van der Waals surface area contributed by atoms with Crippen molar-refractivity contribution in [1.29, 1.82) is 0 Å². The molecule has 1 amide bonds. The van der Waals surface area contributed by atoms with Crippen LogP contribution in [0.5, 0.6) is 0 Å². The molecule has 1 saturated carbocycles. The second-order valence-electron chi connectivity index (χ2n) is 6.47. The van der Waals surface area contributed by atoms with Crippen molar-refractivity contribution in [2.45, 2.75) is 58.0 Å². The molecule has 1 N–H and O–H groups in total. The minimum Gasteiger partial charge on any atom is -0.388 e. The maximum atomic E-state index is 12.2. The number of carbonyl (C=O) groups is 1. The number of hydrogen-bond acceptors (Lipinski definition) is 2. The van der Waals surface area contributed by atoms with Crippen LogP contribution < -0.4 is 4.90 Å². The van der Waals surface area contributed by atoms with Crippen molar-refractivity contribution in [2.24, 2.45) is 5.92 Å². The molecular formula is C18H25NO2. The Bertz CT molecular complexity index is 534. The number of nitrogens with zero attached hydrogens (tertiary/aromatic N) is 1. The first-order valence-electron chi connectivity index (χ1n) is 8.26. The Balaban J connectivity index is 1.88. The third-order valence-electron chi connectivity index (χ3n) is 5.20. The fraction of sp³-hybridized carbons (Fsp3) is 0.611. The van der Waals surface area contributed by atoms with Gasteiger partial charge >= 0.3 is 0 Å². The number of carbonyl (C=O) groups excluding carboxylic acids is 1. The normalized spacial score (nSPS) is 24.2. The molecule has 1 aliphatic carbocycles. The van der Waals surface area contributed by atoms with Crippen molar-refractivity contribution >= 4 is 11.6 Å². The number of aliphatic hydroxyl groups excluding tert-OH is 1. The third kappa shape index (κ3) is 2.48. The maximum Gasteiger partial charge on any atom is 0.234 e. The second-order valence-corrected chi connectivity index (χ2v) is 6.47. The van der Waals surface area contributed by atoms with Crippen molar-refractivity contribution in [1.82, 2.24) is 0 Å². The van der Waals surface area contributed by atoms with Crippen LogP contribution in [0, 0.1) is 5.92 Å². The summed E-state index contributed by atoms with van der Waals surface area (Å²) in [4.78, 5) is 14.1. The summed E-state index contributed by atoms with van der Waals surface area (Å²) < 4.78 is 0. The van der Waals surface area contributed by atoms with Gasteiger partial charge < -0.3 is 10.0 Å². The summed E-state index contributed by atoms with van der Waals surface area (Å²) >= 11 is 0. The molecule has 0 aromatic heterocycles. The van der Waals surface area contributed by atoms with E-state index in [1.54, 1.807) is 0 Å². The quantitative estimate of drug-likeness (QED) is 0.919. The van der Waals surface area contributed by atoms with Crippen LogP contribution in [-0.4, -0.2) is 17.6 Å². The van der Waals surface area contributed by atoms with Crippen LogP contribution in [0.3, 0.4) is 0 Å². The van der Waals surface area contributed by atoms with Crippen LogP contribution in [0.25, 0.3) is 0 Å². The summed E-state index contributed by atoms with van der Waals surface area (Å²) in [6, 6.07) is 6.08. The summed E-state index contributed by atoms with van der Waals surface area (Å²) in [7, 11) is 0. The van der Waals surface area contributed by atoms with E-state index in [1.165, 1.54) is 19.3 Å². The summed E-state index contributed by atoms with van der Waals surface area (Å²) in [6.07, 6.45) is 5.61. The van der Waals surface area contributed by atoms with Gasteiger partial charge in [-0.05, 0) is 49.8 Å². The molecule has 114 valence electrons. The van der Waals surface area contributed by atoms with E-state index < -0.39 is 0 Å². The third-order valence-corrected chi connectivity index (χ3v) is 5.20. The molecule has 3 heteroatoms. The molecule has 3 nitrogen and oxygen atoms in total. The predicted molar refractivity (Wildman–Crippen MR) is 84.4 cm³/mol. The Kier molecular flexibility index (Phi) is 4.03. The number of hydrogen-bond donors (Lipinski definition) is 1. The van der Waals surface area contributed by atoms with Gasteiger partial charge in [0.2, 0.25) is 5.91 Å². The number of fused-ring (bicyclic) bond motifs is 1. The van der Waals surface area contributed by atoms with E-state index in [4.69, 9.17) is 0 Å². The smallest absolute Gasteiger partial charge is 0.234 e. The minimum absolute atomic E-state index is 0.0848. The lowest BCUT2D eigenvalue weighted by Crippen LogP contribution is -2.27. The van der Waals surface area contributed by atoms with Crippen LogP contribution in [0.2, 0.25) is 0 Å². The lowest BCUT2D eigenvalue weighted by atomic mass is 9.82. The maximum absolute atomic E-state index is 12.2. The van der Waals surface area contributed by atoms with E-state index in [9.17, 15) is 9.90 Å². The highest BCUT2D eigenvalue weighted by atomic mass is 16.3. The molecular weight excluding hydrogens is 262 g/mol. The molecule has 3 rings (SSSR count). The molecule has 0 spiro atoms. The average Bonchev–Trinajstić information content (AvgIpc) is 2.78. The fourth-order valence-electron chi connectivity index (χ4n) is 3.88. The zero-order valence-corrected chi connectivity index (χ0v) is 13.0. The molecule has 2 atom stereocenters. The highest BCUT2D eigenvalue weighted by Crippen LogP contribution is 2.41. The average molecular weight is 287 g/mol. The number of likely N-dealkylation sites (N-methyl/N-ethyl adjacent to an activating group) is 1. The standard InChI is InChI=1S/C18H25NO2/c1-3-19-16-10-9-14(11-15(16)12(2)18(19)21)17(20)13-7-5-4-6-8-13/h9-13,17,20H,3-8H2,1-2H3. The molecule has 1 aromatic carbocycles. The first-order chi connectivity index (χ1) is 10.1. The van der Waals surface area contributed by atoms with Gasteiger partial charge in [-0.15, -0.1) is 0 Å². The van der Waals surface area contributed by atoms with Crippen LogP contribution in [0.15, 0.2) is 18.2 Å². The molecule has 0 radical (unpaired) electrons. The van der Waals surface area contributed by atoms with Gasteiger partial charge in [-0.1, -0.05) is 31.4 Å². The second kappa shape index (κ2) is 5.80. The van der Waals surface area contributed by atoms with Crippen LogP contribution in [-0.2, 0) is 4.79 Å². The van der Waals surface area contributed by atoms with Gasteiger partial charge in [0.25, 0.3) is 0 Å². The highest BCUT2D eigenvalue weighted by molar-refractivity contribution is 6.04. The van der Waals surface area contributed by atoms with Gasteiger partial charge in [0.15, 0.2) is 0 Å². The largest absolute Gasteiger partial charge is 0.388 e. The number of anilines is 1. The number of amides is 1. The van der Waals surface area contributed by atoms with E-state index in [-0.39, 0.29) is 17.9 Å². The fourth-order valence-corrected chi connectivity index (χ4v) is 3.88. The van der Waals surface area contributed by atoms with Crippen molar-refractivity contribution in [2.75, 3.05) is 11.4 Å². The SMILES string of the molecule is CCN1C(=O)C(C)c2cc(C(O)C3CCCCC3)ccc21. The van der Waals surface area contributed by atoms with Crippen LogP contribution in [0.4, 0.5) is 5.69 Å². The Morgan fingerprint density at radius 3 is 2.67 bits per heavy atom. The van der Waals surface area contributed by atoms with Gasteiger partial charge in [0.05, 0.1) is 12.0 Å². The van der Waals surface area contributed by atoms with Gasteiger partial charge in [0, 0.05) is 12.2 Å². The van der Waals surface area contributed by atoms with Gasteiger partial charge in [-0.3, -0.25) is 4.79 Å². The molecule has 0 saturated heterocycles. The molecule has 0 bridgehead atoms. The number of aliphatic hydroxyl groups is 1. The van der Waals surface area contributed by atoms with E-state index in [1.807, 2.05) is 30.9 Å². The summed E-state index contributed by atoms with van der Waals surface area (Å²) in [5, 5.41) is 10.7. The van der Waals surface area contributed by atoms with E-state index in [2.05, 4.69) is 6.07 Å². The van der Waals surface area contributed by atoms with Crippen LogP contribution in [0.1, 0.15) is 69.1 Å². The zero-order chi connectivity index (χ0) is 15.0. The van der Waals surface area contributed by atoms with Gasteiger partial charge in [-0.25, -0.2) is 0 Å². The van der Waals surface area contributed by atoms with Gasteiger partial charge in [0.1, 0.15) is 0 Å². The van der Waals surface area contributed by atoms with E-state index in [0.29, 0.717) is 12.5 Å². The Hall–Kier alpha value is -1.35. The summed E-state index contributed by atoms with van der Waals surface area (Å²) in [6.45, 7) is 4.68. The van der Waals surface area contributed by atoms with Crippen molar-refractivity contribution in [3.63, 3.8) is 0 Å². The number of rotatable bonds is 3. The van der Waals surface area contributed by atoms with Crippen molar-refractivity contribution < 1.29 is 9.90 Å². The first kappa shape index (κ1) is 14.6. The zero-order valence-electron chi connectivity index (χ0n) is 13.0. The summed E-state index contributed by atoms with van der Waals surface area (Å²) in [5.41, 5.74) is 3.09. The molecule has 2 unspecified atom stereocenters. The Labute approximate surface area is 127 Å². The molecule has 21 heavy (non-hydrogen) atoms. The monoisotopic (exact) mass is 287 g/mol. The van der Waals surface area contributed by atoms with E-state index >= 15 is 0 Å². The molecule has 1 heterocycles. The molecule has 2 aliphatic rings. The Morgan fingerprint density at radius 2 is 2.00 bits per heavy atom. The lowest BCUT2D eigenvalue weighted by molar-refractivity contribution is -0.118. The van der Waals surface area contributed by atoms with Gasteiger partial charge in [-0.2, -0.15) is 0 Å². The Morgan fingerprint density at radius 1 is 1.29 bits per heavy atom. The first-order valence-corrected chi connectivity index (χ1v) is 8.26. The molecule has 1 aliphatic heterocycles. The predicted octanol–water partition coefficient (Wildman–Crippen LogP) is 3.77. The summed E-state index contributed by atoms with van der Waals surface area (Å²) in [5.74, 6) is 0.474. The van der Waals surface area contributed by atoms with E-state index in [0.717, 1.165) is 29.7 Å². The number of benzene rings is 1. The highest BCUT2D eigenvalue weighted by Gasteiger charge is 2.34. The molecule has 1 aromatic rings. The van der Waals surface area contributed by atoms with Crippen molar-refractivity contribution in [3.05, 3.63) is 29.3 Å². The topological polar surface area (TPSA) is 40.5 Å². The van der Waals surface area contributed by atoms with Crippen LogP contribution >= 0.6 is 0 Å².